The van der Waals surface area contributed by atoms with Crippen molar-refractivity contribution < 1.29 is 32.2 Å². The summed E-state index contributed by atoms with van der Waals surface area (Å²) in [5, 5.41) is 9.98. The van der Waals surface area contributed by atoms with Gasteiger partial charge >= 0.3 is 5.97 Å². The lowest BCUT2D eigenvalue weighted by atomic mass is 9.77. The molecule has 0 N–H and O–H groups in total. The van der Waals surface area contributed by atoms with Crippen molar-refractivity contribution in [2.24, 2.45) is 0 Å². The van der Waals surface area contributed by atoms with Gasteiger partial charge < -0.3 is 18.9 Å². The van der Waals surface area contributed by atoms with Crippen LogP contribution in [0.25, 0.3) is 0 Å². The number of unbranched alkanes of at least 4 members (excludes halogenated alkanes) is 3. The molecule has 3 aromatic rings. The molecular weight excluding hydrogens is 618 g/mol. The molecule has 0 spiro atoms. The third kappa shape index (κ3) is 11.0. The molecule has 12 heteroatoms. The molecule has 2 aromatic carbocycles. The Kier molecular flexibility index (Phi) is 13.6. The van der Waals surface area contributed by atoms with Crippen LogP contribution in [0.15, 0.2) is 53.8 Å². The molecule has 0 aliphatic carbocycles. The number of halogens is 1. The van der Waals surface area contributed by atoms with Crippen molar-refractivity contribution in [2.75, 3.05) is 32.7 Å². The Hall–Kier alpha value is -3.72. The SMILES string of the molecule is CCCCOC(=O)COCCCCCOc1c(Cl)cc(C(C)(C)c2ccc(OCc3ccnc(S(C)(=O)=O)n3)cc2)cc1C#N. The number of esters is 1. The van der Waals surface area contributed by atoms with Gasteiger partial charge in [-0.1, -0.05) is 50.9 Å². The number of sulfone groups is 1. The van der Waals surface area contributed by atoms with Gasteiger partial charge in [-0.15, -0.1) is 0 Å². The number of benzene rings is 2. The Balaban J connectivity index is 1.53. The van der Waals surface area contributed by atoms with Crippen LogP contribution in [0.2, 0.25) is 5.02 Å². The third-order valence-corrected chi connectivity index (χ3v) is 8.17. The predicted octanol–water partition coefficient (Wildman–Crippen LogP) is 6.22. The Labute approximate surface area is 270 Å². The molecule has 0 aliphatic rings. The number of ether oxygens (including phenoxy) is 4. The summed E-state index contributed by atoms with van der Waals surface area (Å²) in [5.74, 6) is 0.605. The Morgan fingerprint density at radius 3 is 2.40 bits per heavy atom. The molecule has 0 atom stereocenters. The van der Waals surface area contributed by atoms with E-state index in [0.29, 0.717) is 47.6 Å². The lowest BCUT2D eigenvalue weighted by Crippen LogP contribution is -2.19. The van der Waals surface area contributed by atoms with E-state index in [-0.39, 0.29) is 24.3 Å². The van der Waals surface area contributed by atoms with Gasteiger partial charge in [-0.2, -0.15) is 5.26 Å². The maximum atomic E-state index is 11.7. The first-order chi connectivity index (χ1) is 21.5. The second-order valence-corrected chi connectivity index (χ2v) is 13.3. The van der Waals surface area contributed by atoms with E-state index in [1.807, 2.05) is 51.1 Å². The standard InChI is InChI=1S/C33H40ClN3O7S/c1-5-6-17-42-30(38)23-41-16-8-7-9-18-43-31-24(21-35)19-26(20-29(31)34)33(2,3)25-10-12-28(13-11-25)44-22-27-14-15-36-32(37-27)45(4,39)40/h10-15,19-20H,5-9,16-18,22-23H2,1-4H3. The fourth-order valence-electron chi connectivity index (χ4n) is 4.30. The average Bonchev–Trinajstić information content (AvgIpc) is 3.01. The second kappa shape index (κ2) is 17.1. The smallest absolute Gasteiger partial charge is 0.332 e. The van der Waals surface area contributed by atoms with Gasteiger partial charge in [0.2, 0.25) is 15.0 Å². The van der Waals surface area contributed by atoms with Gasteiger partial charge in [0.15, 0.2) is 5.75 Å². The van der Waals surface area contributed by atoms with E-state index >= 15 is 0 Å². The van der Waals surface area contributed by atoms with E-state index in [0.717, 1.165) is 49.5 Å². The molecule has 0 radical (unpaired) electrons. The first kappa shape index (κ1) is 35.8. The van der Waals surface area contributed by atoms with Crippen LogP contribution in [0.4, 0.5) is 0 Å². The molecule has 1 heterocycles. The molecule has 1 aromatic heterocycles. The molecule has 0 unspecified atom stereocenters. The Morgan fingerprint density at radius 1 is 0.978 bits per heavy atom. The highest BCUT2D eigenvalue weighted by molar-refractivity contribution is 7.90. The summed E-state index contributed by atoms with van der Waals surface area (Å²) in [7, 11) is -3.51. The maximum Gasteiger partial charge on any atom is 0.332 e. The number of nitrogens with zero attached hydrogens (tertiary/aromatic N) is 3. The van der Waals surface area contributed by atoms with Crippen LogP contribution in [0.1, 0.15) is 75.3 Å². The van der Waals surface area contributed by atoms with E-state index in [9.17, 15) is 18.5 Å². The first-order valence-electron chi connectivity index (χ1n) is 14.8. The number of nitriles is 1. The van der Waals surface area contributed by atoms with Gasteiger partial charge in [0.1, 0.15) is 25.0 Å². The molecule has 45 heavy (non-hydrogen) atoms. The van der Waals surface area contributed by atoms with Crippen LogP contribution in [0, 0.1) is 11.3 Å². The molecule has 3 rings (SSSR count). The number of carbonyl (C=O) groups is 1. The highest BCUT2D eigenvalue weighted by Crippen LogP contribution is 2.38. The molecule has 0 fully saturated rings. The summed E-state index contributed by atoms with van der Waals surface area (Å²) in [5.41, 5.74) is 2.13. The van der Waals surface area contributed by atoms with E-state index in [1.54, 1.807) is 12.1 Å². The predicted molar refractivity (Wildman–Crippen MR) is 170 cm³/mol. The van der Waals surface area contributed by atoms with E-state index in [1.165, 1.54) is 6.20 Å². The summed E-state index contributed by atoms with van der Waals surface area (Å²) in [6, 6.07) is 14.9. The number of carbonyl (C=O) groups excluding carboxylic acids is 1. The van der Waals surface area contributed by atoms with Gasteiger partial charge in [0.25, 0.3) is 0 Å². The van der Waals surface area contributed by atoms with Gasteiger partial charge in [-0.05, 0) is 67.1 Å². The fourth-order valence-corrected chi connectivity index (χ4v) is 5.10. The monoisotopic (exact) mass is 657 g/mol. The Bertz CT molecular complexity index is 1570. The summed E-state index contributed by atoms with van der Waals surface area (Å²) in [4.78, 5) is 19.4. The molecule has 0 aliphatic heterocycles. The minimum atomic E-state index is -3.51. The van der Waals surface area contributed by atoms with Crippen LogP contribution in [-0.4, -0.2) is 57.0 Å². The molecule has 0 saturated heterocycles. The van der Waals surface area contributed by atoms with Gasteiger partial charge in [0.05, 0.1) is 29.5 Å². The maximum absolute atomic E-state index is 11.7. The summed E-state index contributed by atoms with van der Waals surface area (Å²) in [6.45, 7) is 7.43. The minimum Gasteiger partial charge on any atom is -0.491 e. The quantitative estimate of drug-likeness (QED) is 0.0880. The van der Waals surface area contributed by atoms with E-state index < -0.39 is 15.3 Å². The summed E-state index contributed by atoms with van der Waals surface area (Å²) >= 11 is 6.62. The number of hydrogen-bond donors (Lipinski definition) is 0. The zero-order chi connectivity index (χ0) is 32.9. The van der Waals surface area contributed by atoms with E-state index in [2.05, 4.69) is 16.0 Å². The van der Waals surface area contributed by atoms with Gasteiger partial charge in [-0.25, -0.2) is 23.2 Å². The highest BCUT2D eigenvalue weighted by Gasteiger charge is 2.26. The highest BCUT2D eigenvalue weighted by atomic mass is 35.5. The molecule has 0 amide bonds. The minimum absolute atomic E-state index is 0.0400. The normalized spacial score (nSPS) is 11.6. The van der Waals surface area contributed by atoms with Crippen LogP contribution >= 0.6 is 11.6 Å². The average molecular weight is 658 g/mol. The van der Waals surface area contributed by atoms with Crippen molar-refractivity contribution in [3.8, 4) is 17.6 Å². The summed E-state index contributed by atoms with van der Waals surface area (Å²) < 4.78 is 45.6. The van der Waals surface area contributed by atoms with Crippen molar-refractivity contribution in [1.82, 2.24) is 9.97 Å². The van der Waals surface area contributed by atoms with Crippen LogP contribution in [-0.2, 0) is 36.1 Å². The lowest BCUT2D eigenvalue weighted by Gasteiger charge is -2.27. The topological polar surface area (TPSA) is 138 Å². The van der Waals surface area contributed by atoms with Gasteiger partial charge in [-0.3, -0.25) is 0 Å². The summed E-state index contributed by atoms with van der Waals surface area (Å²) in [6.07, 6.45) is 6.60. The molecule has 242 valence electrons. The number of hydrogen-bond acceptors (Lipinski definition) is 10. The fraction of sp³-hybridized carbons (Fsp3) is 0.455. The number of aromatic nitrogens is 2. The largest absolute Gasteiger partial charge is 0.491 e. The van der Waals surface area contributed by atoms with Crippen LogP contribution < -0.4 is 9.47 Å². The third-order valence-electron chi connectivity index (χ3n) is 7.03. The molecule has 0 bridgehead atoms. The molecular formula is C33H40ClN3O7S. The number of rotatable bonds is 18. The lowest BCUT2D eigenvalue weighted by molar-refractivity contribution is -0.149. The van der Waals surface area contributed by atoms with E-state index in [4.69, 9.17) is 30.5 Å². The molecule has 0 saturated carbocycles. The van der Waals surface area contributed by atoms with Crippen molar-refractivity contribution in [1.29, 1.82) is 5.26 Å². The van der Waals surface area contributed by atoms with Crippen LogP contribution in [0.3, 0.4) is 0 Å². The zero-order valence-electron chi connectivity index (χ0n) is 26.2. The van der Waals surface area contributed by atoms with Crippen LogP contribution in [0.5, 0.6) is 11.5 Å². The first-order valence-corrected chi connectivity index (χ1v) is 17.1. The molecule has 10 nitrogen and oxygen atoms in total. The Morgan fingerprint density at radius 2 is 1.71 bits per heavy atom. The second-order valence-electron chi connectivity index (χ2n) is 11.0. The van der Waals surface area contributed by atoms with Crippen molar-refractivity contribution >= 4 is 27.4 Å². The van der Waals surface area contributed by atoms with Crippen molar-refractivity contribution in [2.45, 2.75) is 70.1 Å². The van der Waals surface area contributed by atoms with Gasteiger partial charge in [0, 0.05) is 24.5 Å². The van der Waals surface area contributed by atoms with Crippen molar-refractivity contribution in [3.05, 3.63) is 76.1 Å². The van der Waals surface area contributed by atoms with Crippen molar-refractivity contribution in [3.63, 3.8) is 0 Å². The zero-order valence-corrected chi connectivity index (χ0v) is 27.7.